The Morgan fingerprint density at radius 3 is 1.60 bits per heavy atom. The van der Waals surface area contributed by atoms with Gasteiger partial charge in [-0.2, -0.15) is 0 Å². The number of para-hydroxylation sites is 1. The zero-order chi connectivity index (χ0) is 95.7. The molecule has 9 rings (SSSR count). The van der Waals surface area contributed by atoms with E-state index in [2.05, 4.69) is 52.8 Å². The van der Waals surface area contributed by atoms with Gasteiger partial charge in [0.2, 0.25) is 88.6 Å². The van der Waals surface area contributed by atoms with Gasteiger partial charge < -0.3 is 98.4 Å². The number of thioether (sulfide) groups is 1. The van der Waals surface area contributed by atoms with Crippen LogP contribution in [0.3, 0.4) is 0 Å². The largest absolute Gasteiger partial charge is 0.508 e. The van der Waals surface area contributed by atoms with Crippen molar-refractivity contribution < 1.29 is 96.4 Å². The van der Waals surface area contributed by atoms with Crippen LogP contribution in [0.5, 0.6) is 11.5 Å². The van der Waals surface area contributed by atoms with Gasteiger partial charge in [-0.05, 0) is 107 Å². The minimum atomic E-state index is -1.92. The molecule has 2 aliphatic rings. The Balaban J connectivity index is 1.12. The highest BCUT2D eigenvalue weighted by molar-refractivity contribution is 8.00. The van der Waals surface area contributed by atoms with Crippen LogP contribution < -0.4 is 53.6 Å². The van der Waals surface area contributed by atoms with E-state index in [0.29, 0.717) is 57.1 Å². The number of hydrogen-bond donors (Lipinski definition) is 14. The Morgan fingerprint density at radius 2 is 1.02 bits per heavy atom. The van der Waals surface area contributed by atoms with E-state index in [0.717, 1.165) is 38.6 Å². The van der Waals surface area contributed by atoms with Gasteiger partial charge in [0, 0.05) is 96.1 Å². The van der Waals surface area contributed by atoms with Gasteiger partial charge in [0.05, 0.1) is 31.8 Å². The first-order valence-corrected chi connectivity index (χ1v) is 44.4. The number of phenols is 2. The number of amides is 15. The van der Waals surface area contributed by atoms with E-state index in [1.807, 2.05) is 6.92 Å². The number of aromatic hydroxyl groups is 2. The highest BCUT2D eigenvalue weighted by Crippen LogP contribution is 2.56. The number of aromatic amines is 1. The van der Waals surface area contributed by atoms with Crippen molar-refractivity contribution in [3.05, 3.63) is 203 Å². The first kappa shape index (κ1) is 101. The Labute approximate surface area is 762 Å². The second kappa shape index (κ2) is 47.0. The smallest absolute Gasteiger partial charge is 0.305 e. The normalized spacial score (nSPS) is 23.2. The number of carboxylic acids is 1. The number of aliphatic carboxylic acids is 1. The summed E-state index contributed by atoms with van der Waals surface area (Å²) in [6.45, 7) is 6.07. The molecule has 0 bridgehead atoms. The van der Waals surface area contributed by atoms with Crippen molar-refractivity contribution in [3.8, 4) is 11.5 Å². The maximum Gasteiger partial charge on any atom is 0.305 e. The number of nitrogens with two attached hydrogens (primary N) is 1. The number of carbonyl (C=O) groups excluding carboxylic acids is 15. The lowest BCUT2D eigenvalue weighted by molar-refractivity contribution is -0.153. The standard InChI is InChI=1S/C94H117FN16O19S/c1-11-12-27-75-91(128)108(7)51-79(116)100-71(46-81(118)119)87(124)106-82(55(4)5)92(129)109(8)76(44-56-21-15-13-16-22-56)88(125)104-72(42-59-32-38-64(113)39-33-59)89(126)107(6)50-78(115)99-70(45-61-48-97-67-26-20-19-25-65(61)67)86(123)103-69(41-58-30-36-63(112)37-31-58)85(122)102-68(40-54(2)3)84(121)105-74(83(120)98-49-77(96)114)52-131-53-80(117)101-73(43-57-28-34-62(95)35-29-57)90(127)111(10)94(93(130)110(75)9)47-66(94)60-23-17-14-18-24-60/h13-26,28-39,48,54-55,66,68-76,82,97,112-113H,11-12,27,40-47,49-53H2,1-10H3,(H2,96,114)(H,98,120)(H,99,115)(H,100,116)(H,101,117)(H,102,122)(H,103,123)(H,104,125)(H,105,121)(H,106,124)(H,118,119)/t66?,68-,69-,70-,71-,72-,73-,74-,75-,76-,82-,94?/m0/s1. The number of H-pyrrole nitrogens is 1. The summed E-state index contributed by atoms with van der Waals surface area (Å²) in [6, 6.07) is 24.8. The van der Waals surface area contributed by atoms with Gasteiger partial charge in [0.25, 0.3) is 0 Å². The number of nitrogens with one attached hydrogen (secondary N) is 10. The van der Waals surface area contributed by atoms with Crippen LogP contribution in [0.15, 0.2) is 164 Å². The highest BCUT2D eigenvalue weighted by Gasteiger charge is 2.66. The summed E-state index contributed by atoms with van der Waals surface area (Å²) < 4.78 is 14.6. The van der Waals surface area contributed by atoms with Crippen LogP contribution in [-0.2, 0) is 109 Å². The molecule has 37 heteroatoms. The van der Waals surface area contributed by atoms with Gasteiger partial charge in [-0.15, -0.1) is 11.8 Å². The van der Waals surface area contributed by atoms with Gasteiger partial charge in [-0.3, -0.25) is 76.7 Å². The third kappa shape index (κ3) is 28.1. The number of likely N-dealkylation sites (N-methyl/N-ethyl adjacent to an activating group) is 5. The number of phenolic OH excluding ortho intramolecular Hbond substituents is 2. The van der Waals surface area contributed by atoms with Crippen LogP contribution in [0.2, 0.25) is 0 Å². The van der Waals surface area contributed by atoms with Crippen molar-refractivity contribution in [2.45, 2.75) is 177 Å². The lowest BCUT2D eigenvalue weighted by Gasteiger charge is -2.38. The summed E-state index contributed by atoms with van der Waals surface area (Å²) in [6.07, 6.45) is -0.100. The molecule has 700 valence electrons. The molecule has 2 unspecified atom stereocenters. The molecular formula is C94H117FN16O19S. The van der Waals surface area contributed by atoms with E-state index in [1.54, 1.807) is 119 Å². The molecule has 15 N–H and O–H groups in total. The molecule has 1 saturated heterocycles. The number of aromatic nitrogens is 1. The predicted molar refractivity (Wildman–Crippen MR) is 485 cm³/mol. The summed E-state index contributed by atoms with van der Waals surface area (Å²) in [4.78, 5) is 244. The number of primary amides is 1. The molecule has 1 aliphatic heterocycles. The quantitative estimate of drug-likeness (QED) is 0.0464. The maximum atomic E-state index is 15.9. The molecule has 35 nitrogen and oxygen atoms in total. The minimum absolute atomic E-state index is 0.00668. The van der Waals surface area contributed by atoms with E-state index >= 15 is 38.4 Å². The van der Waals surface area contributed by atoms with Crippen molar-refractivity contribution in [2.24, 2.45) is 17.6 Å². The van der Waals surface area contributed by atoms with Crippen LogP contribution in [0.1, 0.15) is 112 Å². The number of rotatable bonds is 22. The van der Waals surface area contributed by atoms with Crippen LogP contribution in [0.25, 0.3) is 10.9 Å². The number of carbonyl (C=O) groups is 16. The van der Waals surface area contributed by atoms with Crippen molar-refractivity contribution in [1.82, 2.24) is 77.3 Å². The maximum absolute atomic E-state index is 15.9. The minimum Gasteiger partial charge on any atom is -0.508 e. The Morgan fingerprint density at radius 1 is 0.527 bits per heavy atom. The second-order valence-corrected chi connectivity index (χ2v) is 35.0. The summed E-state index contributed by atoms with van der Waals surface area (Å²) >= 11 is 0.789. The Hall–Kier alpha value is -13.7. The van der Waals surface area contributed by atoms with Gasteiger partial charge in [0.15, 0.2) is 0 Å². The van der Waals surface area contributed by atoms with Crippen LogP contribution in [-0.4, -0.2) is 272 Å². The lowest BCUT2D eigenvalue weighted by Crippen LogP contribution is -2.61. The molecule has 15 amide bonds. The number of unbranched alkanes of at least 4 members (excludes halogenated alkanes) is 1. The van der Waals surface area contributed by atoms with Crippen molar-refractivity contribution in [1.29, 1.82) is 0 Å². The SMILES string of the molecule is CCCC[C@H]1C(=O)N(C)CC(=O)N[C@@H](CC(=O)O)C(=O)N[C@@H](C(C)C)C(=O)N(C)[C@@H](Cc2ccccc2)C(=O)N[C@@H](Cc2ccc(O)cc2)C(=O)N(C)CC(=O)N[C@@H](Cc2c[nH]c3ccccc23)C(=O)N[C@@H](Cc2ccc(O)cc2)C(=O)N[C@@H](CC(C)C)C(=O)N[C@H](C(=O)NCC(N)=O)CSCC(=O)N[C@@H](Cc2ccc(F)cc2)C(=O)N(C)C2(CC2c2ccccc2)C(=O)N1C. The predicted octanol–water partition coefficient (Wildman–Crippen LogP) is 2.78. The highest BCUT2D eigenvalue weighted by atomic mass is 32.2. The van der Waals surface area contributed by atoms with Crippen LogP contribution >= 0.6 is 11.8 Å². The topological polar surface area (TPSA) is 500 Å². The zero-order valence-corrected chi connectivity index (χ0v) is 75.7. The molecule has 2 fully saturated rings. The molecule has 1 aliphatic carbocycles. The zero-order valence-electron chi connectivity index (χ0n) is 74.9. The van der Waals surface area contributed by atoms with Crippen LogP contribution in [0, 0.1) is 17.7 Å². The molecule has 1 spiro atoms. The van der Waals surface area contributed by atoms with Crippen molar-refractivity contribution in [2.75, 3.05) is 66.4 Å². The lowest BCUT2D eigenvalue weighted by atomic mass is 9.98. The Kier molecular flexibility index (Phi) is 36.2. The molecule has 0 radical (unpaired) electrons. The third-order valence-corrected chi connectivity index (χ3v) is 24.2. The van der Waals surface area contributed by atoms with E-state index in [1.165, 1.54) is 106 Å². The first-order chi connectivity index (χ1) is 62.2. The summed E-state index contributed by atoms with van der Waals surface area (Å²) in [5.41, 5.74) is 7.09. The van der Waals surface area contributed by atoms with Gasteiger partial charge in [0.1, 0.15) is 83.3 Å². The number of benzene rings is 6. The van der Waals surface area contributed by atoms with Gasteiger partial charge in [-0.25, -0.2) is 4.39 Å². The fraction of sp³-hybridized carbons (Fsp3) is 0.426. The van der Waals surface area contributed by atoms with E-state index in [4.69, 9.17) is 5.73 Å². The molecule has 7 aromatic rings. The average Bonchev–Trinajstić information content (AvgIpc) is 1.54. The second-order valence-electron chi connectivity index (χ2n) is 34.0. The fourth-order valence-electron chi connectivity index (χ4n) is 15.9. The molecular weight excluding hydrogens is 1710 g/mol. The number of fused-ring (bicyclic) bond motifs is 1. The monoisotopic (exact) mass is 1820 g/mol. The van der Waals surface area contributed by atoms with Crippen LogP contribution in [0.4, 0.5) is 4.39 Å². The number of halogens is 1. The third-order valence-electron chi connectivity index (χ3n) is 23.2. The van der Waals surface area contributed by atoms with Gasteiger partial charge >= 0.3 is 5.97 Å². The van der Waals surface area contributed by atoms with Gasteiger partial charge in [-0.1, -0.05) is 163 Å². The summed E-state index contributed by atoms with van der Waals surface area (Å²) in [7, 11) is 6.51. The van der Waals surface area contributed by atoms with E-state index < -0.39 is 216 Å². The number of carboxylic acid groups (broad SMARTS) is 1. The molecule has 6 aromatic carbocycles. The molecule has 1 aromatic heterocycles. The van der Waals surface area contributed by atoms with Crippen molar-refractivity contribution >= 4 is 117 Å². The molecule has 2 heterocycles. The van der Waals surface area contributed by atoms with Crippen molar-refractivity contribution in [3.63, 3.8) is 0 Å². The number of hydrogen-bond acceptors (Lipinski definition) is 19. The van der Waals surface area contributed by atoms with E-state index in [9.17, 15) is 58.1 Å². The summed E-state index contributed by atoms with van der Waals surface area (Å²) in [5, 5.41) is 55.5. The Bertz CT molecular complexity index is 5250. The average molecular weight is 1830 g/mol. The number of nitrogens with zero attached hydrogens (tertiary/aromatic N) is 5. The first-order valence-electron chi connectivity index (χ1n) is 43.3. The fourth-order valence-corrected chi connectivity index (χ4v) is 16.8. The summed E-state index contributed by atoms with van der Waals surface area (Å²) in [5.74, 6) is -19.2. The molecule has 131 heavy (non-hydrogen) atoms. The molecule has 12 atom stereocenters. The molecule has 1 saturated carbocycles. The van der Waals surface area contributed by atoms with E-state index in [-0.39, 0.29) is 68.8 Å².